The molecule has 4 rings (SSSR count). The van der Waals surface area contributed by atoms with Gasteiger partial charge in [0.05, 0.1) is 20.3 Å². The lowest BCUT2D eigenvalue weighted by molar-refractivity contribution is 0.119. The van der Waals surface area contributed by atoms with E-state index in [1.807, 2.05) is 24.3 Å². The van der Waals surface area contributed by atoms with Crippen molar-refractivity contribution < 1.29 is 14.6 Å². The van der Waals surface area contributed by atoms with Crippen molar-refractivity contribution in [3.05, 3.63) is 59.7 Å². The van der Waals surface area contributed by atoms with Gasteiger partial charge in [0.1, 0.15) is 11.5 Å². The van der Waals surface area contributed by atoms with Crippen molar-refractivity contribution >= 4 is 11.1 Å². The van der Waals surface area contributed by atoms with Gasteiger partial charge in [-0.2, -0.15) is 0 Å². The molecule has 3 nitrogen and oxygen atoms in total. The molecule has 0 aromatic heterocycles. The number of fused-ring (bicyclic) bond motifs is 1. The fraction of sp³-hybridized carbons (Fsp3) is 0.391. The molecule has 2 aromatic rings. The maximum Gasteiger partial charge on any atom is 0.118 e. The lowest BCUT2D eigenvalue weighted by atomic mass is 9.73. The summed E-state index contributed by atoms with van der Waals surface area (Å²) in [7, 11) is 3.39. The molecule has 0 spiro atoms. The summed E-state index contributed by atoms with van der Waals surface area (Å²) < 4.78 is 10.6. The minimum Gasteiger partial charge on any atom is -0.497 e. The van der Waals surface area contributed by atoms with E-state index >= 15 is 0 Å². The summed E-state index contributed by atoms with van der Waals surface area (Å²) in [5.41, 5.74) is 5.26. The molecule has 136 valence electrons. The summed E-state index contributed by atoms with van der Waals surface area (Å²) in [4.78, 5) is 0. The Labute approximate surface area is 155 Å². The number of rotatable bonds is 4. The van der Waals surface area contributed by atoms with E-state index in [9.17, 15) is 5.11 Å². The number of methoxy groups -OCH3 is 2. The Bertz CT molecular complexity index is 789. The standard InChI is InChI=1S/C23H26O3/c1-25-18-8-3-15(4-9-18)20-13-17-7-12-23(24)22(17)14-21(20)16-5-10-19(26-2)11-6-16/h3-6,8-11,17,22-24H,7,12-14H2,1-2H3. The second-order valence-corrected chi connectivity index (χ2v) is 7.39. The van der Waals surface area contributed by atoms with Gasteiger partial charge in [0.2, 0.25) is 0 Å². The zero-order chi connectivity index (χ0) is 18.1. The van der Waals surface area contributed by atoms with Crippen molar-refractivity contribution in [1.29, 1.82) is 0 Å². The predicted octanol–water partition coefficient (Wildman–Crippen LogP) is 4.80. The second kappa shape index (κ2) is 7.16. The maximum atomic E-state index is 10.4. The second-order valence-electron chi connectivity index (χ2n) is 7.39. The van der Waals surface area contributed by atoms with E-state index in [-0.39, 0.29) is 6.10 Å². The molecule has 3 unspecified atom stereocenters. The van der Waals surface area contributed by atoms with Crippen LogP contribution < -0.4 is 9.47 Å². The summed E-state index contributed by atoms with van der Waals surface area (Å²) in [6, 6.07) is 16.7. The molecule has 0 radical (unpaired) electrons. The Kier molecular flexibility index (Phi) is 4.73. The van der Waals surface area contributed by atoms with Crippen molar-refractivity contribution in [3.63, 3.8) is 0 Å². The van der Waals surface area contributed by atoms with Gasteiger partial charge in [-0.05, 0) is 84.1 Å². The van der Waals surface area contributed by atoms with Crippen LogP contribution in [0.4, 0.5) is 0 Å². The SMILES string of the molecule is COc1ccc(C2=C(c3ccc(OC)cc3)CC3C(O)CCC3C2)cc1. The van der Waals surface area contributed by atoms with Gasteiger partial charge in [0.15, 0.2) is 0 Å². The van der Waals surface area contributed by atoms with Crippen molar-refractivity contribution in [2.45, 2.75) is 31.8 Å². The molecular weight excluding hydrogens is 324 g/mol. The van der Waals surface area contributed by atoms with Crippen LogP contribution in [0.15, 0.2) is 48.5 Å². The van der Waals surface area contributed by atoms with E-state index in [1.54, 1.807) is 14.2 Å². The first-order valence-electron chi connectivity index (χ1n) is 9.38. The third kappa shape index (κ3) is 3.12. The number of aliphatic hydroxyl groups is 1. The van der Waals surface area contributed by atoms with Crippen molar-refractivity contribution in [1.82, 2.24) is 0 Å². The molecule has 1 N–H and O–H groups in total. The van der Waals surface area contributed by atoms with Crippen LogP contribution in [0, 0.1) is 11.8 Å². The maximum absolute atomic E-state index is 10.4. The van der Waals surface area contributed by atoms with Gasteiger partial charge in [-0.1, -0.05) is 24.3 Å². The average Bonchev–Trinajstić information content (AvgIpc) is 3.07. The number of hydrogen-bond donors (Lipinski definition) is 1. The minimum absolute atomic E-state index is 0.161. The van der Waals surface area contributed by atoms with Crippen LogP contribution in [-0.2, 0) is 0 Å². The molecule has 0 aliphatic heterocycles. The number of aliphatic hydroxyl groups excluding tert-OH is 1. The Hall–Kier alpha value is -2.26. The van der Waals surface area contributed by atoms with Crippen LogP contribution in [0.25, 0.3) is 11.1 Å². The van der Waals surface area contributed by atoms with Crippen LogP contribution in [0.1, 0.15) is 36.8 Å². The molecule has 1 saturated carbocycles. The summed E-state index contributed by atoms with van der Waals surface area (Å²) >= 11 is 0. The minimum atomic E-state index is -0.161. The van der Waals surface area contributed by atoms with Crippen LogP contribution in [0.2, 0.25) is 0 Å². The molecule has 26 heavy (non-hydrogen) atoms. The topological polar surface area (TPSA) is 38.7 Å². The highest BCUT2D eigenvalue weighted by Gasteiger charge is 2.39. The molecule has 3 heteroatoms. The normalized spacial score (nSPS) is 25.1. The molecule has 0 heterocycles. The Morgan fingerprint density at radius 1 is 0.731 bits per heavy atom. The third-order valence-electron chi connectivity index (χ3n) is 6.08. The Morgan fingerprint density at radius 2 is 1.23 bits per heavy atom. The molecular formula is C23H26O3. The molecule has 2 aliphatic rings. The summed E-state index contributed by atoms with van der Waals surface area (Å²) in [5, 5.41) is 10.4. The van der Waals surface area contributed by atoms with Crippen molar-refractivity contribution in [3.8, 4) is 11.5 Å². The highest BCUT2D eigenvalue weighted by Crippen LogP contribution is 2.50. The first-order chi connectivity index (χ1) is 12.7. The lowest BCUT2D eigenvalue weighted by Gasteiger charge is -2.32. The van der Waals surface area contributed by atoms with Crippen LogP contribution in [0.5, 0.6) is 11.5 Å². The van der Waals surface area contributed by atoms with Gasteiger partial charge in [0.25, 0.3) is 0 Å². The summed E-state index contributed by atoms with van der Waals surface area (Å²) in [6.45, 7) is 0. The van der Waals surface area contributed by atoms with Crippen LogP contribution >= 0.6 is 0 Å². The molecule has 2 aromatic carbocycles. The zero-order valence-corrected chi connectivity index (χ0v) is 15.4. The molecule has 0 bridgehead atoms. The van der Waals surface area contributed by atoms with Crippen LogP contribution in [-0.4, -0.2) is 25.4 Å². The van der Waals surface area contributed by atoms with Gasteiger partial charge >= 0.3 is 0 Å². The van der Waals surface area contributed by atoms with Crippen LogP contribution in [0.3, 0.4) is 0 Å². The first kappa shape index (κ1) is 17.2. The number of benzene rings is 2. The Balaban J connectivity index is 1.77. The fourth-order valence-electron chi connectivity index (χ4n) is 4.60. The average molecular weight is 350 g/mol. The van der Waals surface area contributed by atoms with E-state index in [1.165, 1.54) is 22.3 Å². The number of ether oxygens (including phenoxy) is 2. The summed E-state index contributed by atoms with van der Waals surface area (Å²) in [5.74, 6) is 2.72. The molecule has 2 aliphatic carbocycles. The van der Waals surface area contributed by atoms with Gasteiger partial charge in [-0.15, -0.1) is 0 Å². The van der Waals surface area contributed by atoms with E-state index in [2.05, 4.69) is 24.3 Å². The first-order valence-corrected chi connectivity index (χ1v) is 9.38. The zero-order valence-electron chi connectivity index (χ0n) is 15.4. The van der Waals surface area contributed by atoms with E-state index in [0.717, 1.165) is 37.2 Å². The largest absolute Gasteiger partial charge is 0.497 e. The Morgan fingerprint density at radius 3 is 1.73 bits per heavy atom. The van der Waals surface area contributed by atoms with Gasteiger partial charge in [0, 0.05) is 0 Å². The van der Waals surface area contributed by atoms with Crippen molar-refractivity contribution in [2.24, 2.45) is 11.8 Å². The smallest absolute Gasteiger partial charge is 0.118 e. The van der Waals surface area contributed by atoms with E-state index < -0.39 is 0 Å². The molecule has 1 fully saturated rings. The number of allylic oxidation sites excluding steroid dienone is 2. The highest BCUT2D eigenvalue weighted by molar-refractivity contribution is 5.92. The molecule has 0 saturated heterocycles. The van der Waals surface area contributed by atoms with E-state index in [4.69, 9.17) is 9.47 Å². The third-order valence-corrected chi connectivity index (χ3v) is 6.08. The van der Waals surface area contributed by atoms with Gasteiger partial charge in [-0.25, -0.2) is 0 Å². The fourth-order valence-corrected chi connectivity index (χ4v) is 4.60. The quantitative estimate of drug-likeness (QED) is 0.861. The number of hydrogen-bond acceptors (Lipinski definition) is 3. The predicted molar refractivity (Wildman–Crippen MR) is 104 cm³/mol. The van der Waals surface area contributed by atoms with Crippen molar-refractivity contribution in [2.75, 3.05) is 14.2 Å². The molecule has 3 atom stereocenters. The van der Waals surface area contributed by atoms with Gasteiger partial charge in [-0.3, -0.25) is 0 Å². The summed E-state index contributed by atoms with van der Waals surface area (Å²) in [6.07, 6.45) is 3.88. The monoisotopic (exact) mass is 350 g/mol. The highest BCUT2D eigenvalue weighted by atomic mass is 16.5. The lowest BCUT2D eigenvalue weighted by Crippen LogP contribution is -2.23. The molecule has 0 amide bonds. The van der Waals surface area contributed by atoms with E-state index in [0.29, 0.717) is 11.8 Å². The van der Waals surface area contributed by atoms with Gasteiger partial charge < -0.3 is 14.6 Å².